The lowest BCUT2D eigenvalue weighted by Gasteiger charge is -2.33. The fraction of sp³-hybridized carbons (Fsp3) is 0.909. The van der Waals surface area contributed by atoms with Gasteiger partial charge in [0.15, 0.2) is 0 Å². The Morgan fingerprint density at radius 2 is 2.07 bits per heavy atom. The van der Waals surface area contributed by atoms with Crippen molar-refractivity contribution < 1.29 is 4.79 Å². The fourth-order valence-electron chi connectivity index (χ4n) is 2.19. The highest BCUT2D eigenvalue weighted by Gasteiger charge is 2.27. The van der Waals surface area contributed by atoms with Crippen molar-refractivity contribution >= 4 is 5.91 Å². The zero-order valence-corrected chi connectivity index (χ0v) is 9.46. The molecule has 2 N–H and O–H groups in total. The van der Waals surface area contributed by atoms with E-state index in [2.05, 4.69) is 22.5 Å². The van der Waals surface area contributed by atoms with Crippen molar-refractivity contribution in [3.8, 4) is 0 Å². The minimum atomic E-state index is 0.231. The molecule has 0 atom stereocenters. The minimum absolute atomic E-state index is 0.231. The second-order valence-electron chi connectivity index (χ2n) is 4.57. The Balaban J connectivity index is 1.69. The van der Waals surface area contributed by atoms with Crippen LogP contribution in [0.2, 0.25) is 0 Å². The highest BCUT2D eigenvalue weighted by atomic mass is 16.2. The maximum atomic E-state index is 11.7. The van der Waals surface area contributed by atoms with E-state index >= 15 is 0 Å². The second-order valence-corrected chi connectivity index (χ2v) is 4.57. The summed E-state index contributed by atoms with van der Waals surface area (Å²) in [4.78, 5) is 14.1. The monoisotopic (exact) mass is 211 g/mol. The molecule has 0 unspecified atom stereocenters. The van der Waals surface area contributed by atoms with E-state index in [1.807, 2.05) is 0 Å². The third kappa shape index (κ3) is 2.69. The SMILES string of the molecule is CCN1CCC(NC(=O)C2CNC2)CC1. The largest absolute Gasteiger partial charge is 0.353 e. The highest BCUT2D eigenvalue weighted by Crippen LogP contribution is 2.11. The van der Waals surface area contributed by atoms with Gasteiger partial charge in [0, 0.05) is 32.2 Å². The molecule has 2 aliphatic heterocycles. The molecule has 2 saturated heterocycles. The topological polar surface area (TPSA) is 44.4 Å². The van der Waals surface area contributed by atoms with Gasteiger partial charge in [-0.2, -0.15) is 0 Å². The lowest BCUT2D eigenvalue weighted by atomic mass is 10.00. The quantitative estimate of drug-likeness (QED) is 0.680. The van der Waals surface area contributed by atoms with Gasteiger partial charge >= 0.3 is 0 Å². The molecule has 2 rings (SSSR count). The molecule has 0 aliphatic carbocycles. The zero-order valence-electron chi connectivity index (χ0n) is 9.46. The first-order valence-corrected chi connectivity index (χ1v) is 6.03. The average molecular weight is 211 g/mol. The van der Waals surface area contributed by atoms with Gasteiger partial charge in [-0.15, -0.1) is 0 Å². The Morgan fingerprint density at radius 3 is 2.53 bits per heavy atom. The Morgan fingerprint density at radius 1 is 1.40 bits per heavy atom. The minimum Gasteiger partial charge on any atom is -0.353 e. The first kappa shape index (κ1) is 10.9. The molecular weight excluding hydrogens is 190 g/mol. The first-order valence-electron chi connectivity index (χ1n) is 6.03. The standard InChI is InChI=1S/C11H21N3O/c1-2-14-5-3-10(4-6-14)13-11(15)9-7-12-8-9/h9-10,12H,2-8H2,1H3,(H,13,15). The zero-order chi connectivity index (χ0) is 10.7. The molecule has 2 aliphatic rings. The van der Waals surface area contributed by atoms with Crippen LogP contribution in [-0.2, 0) is 4.79 Å². The number of amides is 1. The molecule has 2 heterocycles. The van der Waals surface area contributed by atoms with Crippen LogP contribution in [0.4, 0.5) is 0 Å². The average Bonchev–Trinajstić information content (AvgIpc) is 2.16. The van der Waals surface area contributed by atoms with Gasteiger partial charge in [0.05, 0.1) is 5.92 Å². The van der Waals surface area contributed by atoms with Crippen LogP contribution in [0, 0.1) is 5.92 Å². The molecule has 1 amide bonds. The van der Waals surface area contributed by atoms with Crippen molar-refractivity contribution in [1.82, 2.24) is 15.5 Å². The molecule has 0 aromatic carbocycles. The maximum absolute atomic E-state index is 11.7. The molecule has 0 radical (unpaired) electrons. The molecule has 15 heavy (non-hydrogen) atoms. The summed E-state index contributed by atoms with van der Waals surface area (Å²) in [7, 11) is 0. The number of likely N-dealkylation sites (tertiary alicyclic amines) is 1. The van der Waals surface area contributed by atoms with Crippen molar-refractivity contribution in [3.05, 3.63) is 0 Å². The Labute approximate surface area is 91.4 Å². The molecular formula is C11H21N3O. The van der Waals surface area contributed by atoms with Gasteiger partial charge in [0.1, 0.15) is 0 Å². The molecule has 4 nitrogen and oxygen atoms in total. The molecule has 4 heteroatoms. The van der Waals surface area contributed by atoms with Crippen LogP contribution in [0.5, 0.6) is 0 Å². The summed E-state index contributed by atoms with van der Waals surface area (Å²) >= 11 is 0. The van der Waals surface area contributed by atoms with Crippen LogP contribution in [0.15, 0.2) is 0 Å². The summed E-state index contributed by atoms with van der Waals surface area (Å²) < 4.78 is 0. The van der Waals surface area contributed by atoms with Gasteiger partial charge in [-0.05, 0) is 19.4 Å². The van der Waals surface area contributed by atoms with Crippen molar-refractivity contribution in [3.63, 3.8) is 0 Å². The van der Waals surface area contributed by atoms with E-state index in [0.717, 1.165) is 45.6 Å². The molecule has 0 spiro atoms. The number of carbonyl (C=O) groups excluding carboxylic acids is 1. The van der Waals surface area contributed by atoms with Crippen molar-refractivity contribution in [1.29, 1.82) is 0 Å². The normalized spacial score (nSPS) is 24.9. The predicted molar refractivity (Wildman–Crippen MR) is 59.6 cm³/mol. The summed E-state index contributed by atoms with van der Waals surface area (Å²) in [6.45, 7) is 7.31. The number of nitrogens with one attached hydrogen (secondary N) is 2. The molecule has 0 saturated carbocycles. The van der Waals surface area contributed by atoms with E-state index < -0.39 is 0 Å². The van der Waals surface area contributed by atoms with Crippen LogP contribution in [0.1, 0.15) is 19.8 Å². The number of carbonyl (C=O) groups is 1. The molecule has 0 aromatic heterocycles. The van der Waals surface area contributed by atoms with Crippen LogP contribution in [0.25, 0.3) is 0 Å². The smallest absolute Gasteiger partial charge is 0.225 e. The van der Waals surface area contributed by atoms with Gasteiger partial charge < -0.3 is 15.5 Å². The van der Waals surface area contributed by atoms with Gasteiger partial charge in [0.25, 0.3) is 0 Å². The lowest BCUT2D eigenvalue weighted by molar-refractivity contribution is -0.127. The summed E-state index contributed by atoms with van der Waals surface area (Å²) in [5.74, 6) is 0.484. The molecule has 2 fully saturated rings. The summed E-state index contributed by atoms with van der Waals surface area (Å²) in [6.07, 6.45) is 2.22. The number of piperidine rings is 1. The number of rotatable bonds is 3. The van der Waals surface area contributed by atoms with E-state index in [1.165, 1.54) is 0 Å². The van der Waals surface area contributed by atoms with Crippen LogP contribution in [0.3, 0.4) is 0 Å². The Kier molecular flexibility index (Phi) is 3.59. The Hall–Kier alpha value is -0.610. The summed E-state index contributed by atoms with van der Waals surface area (Å²) in [5.41, 5.74) is 0. The third-order valence-electron chi connectivity index (χ3n) is 3.53. The fourth-order valence-corrected chi connectivity index (χ4v) is 2.19. The second kappa shape index (κ2) is 4.94. The molecule has 0 aromatic rings. The third-order valence-corrected chi connectivity index (χ3v) is 3.53. The van der Waals surface area contributed by atoms with Gasteiger partial charge in [-0.25, -0.2) is 0 Å². The number of hydrogen-bond donors (Lipinski definition) is 2. The first-order chi connectivity index (χ1) is 7.29. The van der Waals surface area contributed by atoms with E-state index in [-0.39, 0.29) is 11.8 Å². The number of hydrogen-bond acceptors (Lipinski definition) is 3. The van der Waals surface area contributed by atoms with Crippen molar-refractivity contribution in [2.24, 2.45) is 5.92 Å². The van der Waals surface area contributed by atoms with Gasteiger partial charge in [0.2, 0.25) is 5.91 Å². The van der Waals surface area contributed by atoms with E-state index in [1.54, 1.807) is 0 Å². The van der Waals surface area contributed by atoms with Crippen LogP contribution >= 0.6 is 0 Å². The van der Waals surface area contributed by atoms with Crippen LogP contribution < -0.4 is 10.6 Å². The van der Waals surface area contributed by atoms with Crippen LogP contribution in [-0.4, -0.2) is 49.6 Å². The van der Waals surface area contributed by atoms with Gasteiger partial charge in [-0.3, -0.25) is 4.79 Å². The lowest BCUT2D eigenvalue weighted by Crippen LogP contribution is -2.54. The molecule has 86 valence electrons. The van der Waals surface area contributed by atoms with E-state index in [0.29, 0.717) is 6.04 Å². The predicted octanol–water partition coefficient (Wildman–Crippen LogP) is -0.194. The summed E-state index contributed by atoms with van der Waals surface area (Å²) in [6, 6.07) is 0.417. The number of nitrogens with zero attached hydrogens (tertiary/aromatic N) is 1. The maximum Gasteiger partial charge on any atom is 0.225 e. The molecule has 0 bridgehead atoms. The van der Waals surface area contributed by atoms with Gasteiger partial charge in [-0.1, -0.05) is 6.92 Å². The van der Waals surface area contributed by atoms with Crippen molar-refractivity contribution in [2.75, 3.05) is 32.7 Å². The van der Waals surface area contributed by atoms with Crippen molar-refractivity contribution in [2.45, 2.75) is 25.8 Å². The van der Waals surface area contributed by atoms with E-state index in [4.69, 9.17) is 0 Å². The Bertz CT molecular complexity index is 220. The highest BCUT2D eigenvalue weighted by molar-refractivity contribution is 5.80. The van der Waals surface area contributed by atoms with E-state index in [9.17, 15) is 4.79 Å². The summed E-state index contributed by atoms with van der Waals surface area (Å²) in [5, 5.41) is 6.29.